The summed E-state index contributed by atoms with van der Waals surface area (Å²) in [4.78, 5) is 3.79. The number of nitrogen functional groups attached to an aromatic ring is 1. The van der Waals surface area contributed by atoms with Crippen LogP contribution < -0.4 is 10.5 Å². The molecule has 5 nitrogen and oxygen atoms in total. The lowest BCUT2D eigenvalue weighted by Gasteiger charge is -2.06. The van der Waals surface area contributed by atoms with Crippen LogP contribution in [0.5, 0.6) is 11.5 Å². The Bertz CT molecular complexity index is 525. The third kappa shape index (κ3) is 1.83. The Kier molecular flexibility index (Phi) is 2.74. The number of halogens is 1. The minimum atomic E-state index is 0.0405. The van der Waals surface area contributed by atoms with Crippen LogP contribution in [0.25, 0.3) is 11.3 Å². The maximum atomic E-state index is 9.63. The van der Waals surface area contributed by atoms with Crippen LogP contribution in [0, 0.1) is 0 Å². The normalized spacial score (nSPS) is 10.4. The molecule has 1 aromatic heterocycles. The van der Waals surface area contributed by atoms with E-state index in [1.165, 1.54) is 13.3 Å². The number of aromatic hydroxyl groups is 1. The fraction of sp³-hybridized carbons (Fsp3) is 0.100. The van der Waals surface area contributed by atoms with Crippen LogP contribution in [0.15, 0.2) is 27.2 Å². The van der Waals surface area contributed by atoms with Crippen LogP contribution in [-0.4, -0.2) is 17.2 Å². The highest BCUT2D eigenvalue weighted by Gasteiger charge is 2.12. The SMILES string of the molecule is COc1cc(-c2cnc(N)o2)cc(Br)c1O. The van der Waals surface area contributed by atoms with E-state index < -0.39 is 0 Å². The first-order valence-corrected chi connectivity index (χ1v) is 5.19. The van der Waals surface area contributed by atoms with Gasteiger partial charge < -0.3 is 20.0 Å². The molecule has 0 saturated carbocycles. The number of phenolic OH excluding ortho intramolecular Hbond substituents is 1. The maximum absolute atomic E-state index is 9.63. The van der Waals surface area contributed by atoms with Gasteiger partial charge in [-0.3, -0.25) is 0 Å². The molecule has 0 radical (unpaired) electrons. The van der Waals surface area contributed by atoms with E-state index in [9.17, 15) is 5.11 Å². The summed E-state index contributed by atoms with van der Waals surface area (Å²) < 4.78 is 10.7. The number of phenols is 1. The van der Waals surface area contributed by atoms with Gasteiger partial charge in [0, 0.05) is 5.56 Å². The lowest BCUT2D eigenvalue weighted by atomic mass is 10.1. The summed E-state index contributed by atoms with van der Waals surface area (Å²) in [6.07, 6.45) is 1.51. The van der Waals surface area contributed by atoms with Crippen molar-refractivity contribution in [2.24, 2.45) is 0 Å². The molecule has 6 heteroatoms. The number of nitrogens with two attached hydrogens (primary N) is 1. The van der Waals surface area contributed by atoms with E-state index in [0.29, 0.717) is 21.5 Å². The van der Waals surface area contributed by atoms with Gasteiger partial charge in [-0.15, -0.1) is 0 Å². The first-order chi connectivity index (χ1) is 7.61. The molecule has 0 saturated heterocycles. The fourth-order valence-corrected chi connectivity index (χ4v) is 1.73. The van der Waals surface area contributed by atoms with Crippen LogP contribution in [0.2, 0.25) is 0 Å². The molecule has 0 aliphatic rings. The van der Waals surface area contributed by atoms with E-state index >= 15 is 0 Å². The van der Waals surface area contributed by atoms with E-state index in [4.69, 9.17) is 14.9 Å². The molecule has 0 aliphatic heterocycles. The van der Waals surface area contributed by atoms with Gasteiger partial charge in [-0.05, 0) is 28.1 Å². The third-order valence-electron chi connectivity index (χ3n) is 2.06. The Balaban J connectivity index is 2.54. The number of benzene rings is 1. The minimum absolute atomic E-state index is 0.0405. The van der Waals surface area contributed by atoms with Crippen molar-refractivity contribution in [1.29, 1.82) is 0 Å². The number of hydrogen-bond donors (Lipinski definition) is 2. The Morgan fingerprint density at radius 3 is 2.81 bits per heavy atom. The van der Waals surface area contributed by atoms with Gasteiger partial charge in [0.1, 0.15) is 0 Å². The largest absolute Gasteiger partial charge is 0.503 e. The number of anilines is 1. The summed E-state index contributed by atoms with van der Waals surface area (Å²) in [5.74, 6) is 0.898. The van der Waals surface area contributed by atoms with E-state index in [0.717, 1.165) is 0 Å². The van der Waals surface area contributed by atoms with Crippen molar-refractivity contribution in [2.45, 2.75) is 0 Å². The number of methoxy groups -OCH3 is 1. The topological polar surface area (TPSA) is 81.5 Å². The fourth-order valence-electron chi connectivity index (χ4n) is 1.29. The summed E-state index contributed by atoms with van der Waals surface area (Å²) >= 11 is 3.22. The Morgan fingerprint density at radius 1 is 1.50 bits per heavy atom. The molecule has 0 atom stereocenters. The summed E-state index contributed by atoms with van der Waals surface area (Å²) in [5.41, 5.74) is 6.10. The van der Waals surface area contributed by atoms with Crippen molar-refractivity contribution in [3.63, 3.8) is 0 Å². The molecule has 0 bridgehead atoms. The second kappa shape index (κ2) is 4.05. The molecular weight excluding hydrogens is 276 g/mol. The monoisotopic (exact) mass is 284 g/mol. The van der Waals surface area contributed by atoms with Crippen LogP contribution in [0.4, 0.5) is 6.01 Å². The molecule has 1 heterocycles. The molecule has 0 spiro atoms. The summed E-state index contributed by atoms with van der Waals surface area (Å²) in [6, 6.07) is 3.43. The minimum Gasteiger partial charge on any atom is -0.503 e. The number of nitrogens with zero attached hydrogens (tertiary/aromatic N) is 1. The molecule has 0 fully saturated rings. The van der Waals surface area contributed by atoms with Gasteiger partial charge in [-0.25, -0.2) is 4.98 Å². The quantitative estimate of drug-likeness (QED) is 0.885. The molecule has 0 aliphatic carbocycles. The van der Waals surface area contributed by atoms with Gasteiger partial charge in [0.05, 0.1) is 17.8 Å². The second-order valence-corrected chi connectivity index (χ2v) is 3.93. The predicted molar refractivity (Wildman–Crippen MR) is 62.3 cm³/mol. The molecule has 3 N–H and O–H groups in total. The maximum Gasteiger partial charge on any atom is 0.292 e. The van der Waals surface area contributed by atoms with Crippen LogP contribution >= 0.6 is 15.9 Å². The van der Waals surface area contributed by atoms with Crippen molar-refractivity contribution in [3.8, 4) is 22.8 Å². The highest BCUT2D eigenvalue weighted by atomic mass is 79.9. The van der Waals surface area contributed by atoms with Crippen molar-refractivity contribution >= 4 is 21.9 Å². The highest BCUT2D eigenvalue weighted by Crippen LogP contribution is 2.38. The molecule has 2 rings (SSSR count). The van der Waals surface area contributed by atoms with Gasteiger partial charge in [-0.2, -0.15) is 0 Å². The van der Waals surface area contributed by atoms with Crippen LogP contribution in [0.3, 0.4) is 0 Å². The number of rotatable bonds is 2. The zero-order valence-corrected chi connectivity index (χ0v) is 9.98. The lowest BCUT2D eigenvalue weighted by molar-refractivity contribution is 0.372. The van der Waals surface area contributed by atoms with Crippen molar-refractivity contribution in [3.05, 3.63) is 22.8 Å². The summed E-state index contributed by atoms with van der Waals surface area (Å²) in [5, 5.41) is 9.63. The second-order valence-electron chi connectivity index (χ2n) is 3.07. The average Bonchev–Trinajstić information content (AvgIpc) is 2.69. The Labute approximate surface area is 100.0 Å². The zero-order chi connectivity index (χ0) is 11.7. The molecule has 2 aromatic rings. The predicted octanol–water partition coefficient (Wildman–Crippen LogP) is 2.40. The van der Waals surface area contributed by atoms with E-state index in [2.05, 4.69) is 20.9 Å². The third-order valence-corrected chi connectivity index (χ3v) is 2.66. The number of ether oxygens (including phenoxy) is 1. The van der Waals surface area contributed by atoms with Crippen LogP contribution in [-0.2, 0) is 0 Å². The Hall–Kier alpha value is -1.69. The van der Waals surface area contributed by atoms with Crippen molar-refractivity contribution in [1.82, 2.24) is 4.98 Å². The first-order valence-electron chi connectivity index (χ1n) is 4.40. The molecule has 0 unspecified atom stereocenters. The van der Waals surface area contributed by atoms with Crippen molar-refractivity contribution < 1.29 is 14.3 Å². The summed E-state index contributed by atoms with van der Waals surface area (Å²) in [6.45, 7) is 0. The van der Waals surface area contributed by atoms with Gasteiger partial charge in [-0.1, -0.05) is 0 Å². The standard InChI is InChI=1S/C10H9BrN2O3/c1-15-7-3-5(2-6(11)9(7)14)8-4-13-10(12)16-8/h2-4,14H,1H3,(H2,12,13). The molecular formula is C10H9BrN2O3. The molecule has 84 valence electrons. The van der Waals surface area contributed by atoms with Crippen LogP contribution in [0.1, 0.15) is 0 Å². The lowest BCUT2D eigenvalue weighted by Crippen LogP contribution is -1.86. The molecule has 16 heavy (non-hydrogen) atoms. The molecule has 0 amide bonds. The van der Waals surface area contributed by atoms with Gasteiger partial charge in [0.2, 0.25) is 0 Å². The number of aromatic nitrogens is 1. The smallest absolute Gasteiger partial charge is 0.292 e. The zero-order valence-electron chi connectivity index (χ0n) is 8.40. The van der Waals surface area contributed by atoms with Crippen molar-refractivity contribution in [2.75, 3.05) is 12.8 Å². The summed E-state index contributed by atoms with van der Waals surface area (Å²) in [7, 11) is 1.47. The van der Waals surface area contributed by atoms with Gasteiger partial charge >= 0.3 is 0 Å². The molecule has 1 aromatic carbocycles. The van der Waals surface area contributed by atoms with E-state index in [1.54, 1.807) is 12.1 Å². The highest BCUT2D eigenvalue weighted by molar-refractivity contribution is 9.10. The van der Waals surface area contributed by atoms with Gasteiger partial charge in [0.15, 0.2) is 17.3 Å². The number of oxazole rings is 1. The van der Waals surface area contributed by atoms with E-state index in [1.807, 2.05) is 0 Å². The Morgan fingerprint density at radius 2 is 2.25 bits per heavy atom. The first kappa shape index (κ1) is 10.8. The average molecular weight is 285 g/mol. The van der Waals surface area contributed by atoms with Gasteiger partial charge in [0.25, 0.3) is 6.01 Å². The van der Waals surface area contributed by atoms with E-state index in [-0.39, 0.29) is 11.8 Å². The number of hydrogen-bond acceptors (Lipinski definition) is 5.